The van der Waals surface area contributed by atoms with E-state index in [4.69, 9.17) is 0 Å². The predicted molar refractivity (Wildman–Crippen MR) is 160 cm³/mol. The van der Waals surface area contributed by atoms with Crippen molar-refractivity contribution in [2.24, 2.45) is 0 Å². The number of thiazole rings is 1. The molecule has 5 rings (SSSR count). The summed E-state index contributed by atoms with van der Waals surface area (Å²) in [7, 11) is 0. The lowest BCUT2D eigenvalue weighted by atomic mass is 10.1. The van der Waals surface area contributed by atoms with E-state index in [1.165, 1.54) is 23.5 Å². The Balaban J connectivity index is 1.38. The summed E-state index contributed by atoms with van der Waals surface area (Å²) in [5.41, 5.74) is 2.39. The quantitative estimate of drug-likeness (QED) is 0.181. The van der Waals surface area contributed by atoms with Crippen LogP contribution in [0.15, 0.2) is 115 Å². The molecule has 0 radical (unpaired) electrons. The Kier molecular flexibility index (Phi) is 8.22. The molecule has 0 saturated heterocycles. The number of rotatable bonds is 8. The summed E-state index contributed by atoms with van der Waals surface area (Å²) in [5, 5.41) is 13.3. The maximum absolute atomic E-state index is 13.3. The second-order valence-corrected chi connectivity index (χ2v) is 9.66. The highest BCUT2D eigenvalue weighted by atomic mass is 32.1. The van der Waals surface area contributed by atoms with Crippen LogP contribution in [0, 0.1) is 0 Å². The molecule has 0 aliphatic carbocycles. The van der Waals surface area contributed by atoms with Crippen LogP contribution in [0.2, 0.25) is 0 Å². The Morgan fingerprint density at radius 2 is 0.976 bits per heavy atom. The van der Waals surface area contributed by atoms with E-state index in [9.17, 15) is 19.2 Å². The first-order valence-corrected chi connectivity index (χ1v) is 13.3. The number of aromatic nitrogens is 1. The summed E-state index contributed by atoms with van der Waals surface area (Å²) in [6.07, 6.45) is 1.59. The Morgan fingerprint density at radius 3 is 1.54 bits per heavy atom. The smallest absolute Gasteiger partial charge is 0.257 e. The van der Waals surface area contributed by atoms with Crippen molar-refractivity contribution in [2.45, 2.75) is 0 Å². The van der Waals surface area contributed by atoms with Crippen molar-refractivity contribution in [2.75, 3.05) is 21.3 Å². The number of nitrogens with one attached hydrogen (secondary N) is 4. The number of benzene rings is 4. The fraction of sp³-hybridized carbons (Fsp3) is 0. The molecule has 0 fully saturated rings. The molecule has 0 unspecified atom stereocenters. The van der Waals surface area contributed by atoms with Crippen LogP contribution in [-0.2, 0) is 0 Å². The minimum absolute atomic E-state index is 0.178. The first-order valence-electron chi connectivity index (χ1n) is 12.4. The summed E-state index contributed by atoms with van der Waals surface area (Å²) in [4.78, 5) is 55.6. The van der Waals surface area contributed by atoms with Crippen molar-refractivity contribution in [3.63, 3.8) is 0 Å². The number of carbonyl (C=O) groups is 4. The van der Waals surface area contributed by atoms with Gasteiger partial charge in [-0.2, -0.15) is 0 Å². The van der Waals surface area contributed by atoms with Gasteiger partial charge in [-0.15, -0.1) is 11.3 Å². The first kappa shape index (κ1) is 27.0. The fourth-order valence-electron chi connectivity index (χ4n) is 3.88. The van der Waals surface area contributed by atoms with Crippen LogP contribution in [0.5, 0.6) is 0 Å². The largest absolute Gasteiger partial charge is 0.322 e. The zero-order valence-electron chi connectivity index (χ0n) is 21.5. The maximum Gasteiger partial charge on any atom is 0.257 e. The van der Waals surface area contributed by atoms with Gasteiger partial charge in [0.05, 0.1) is 0 Å². The van der Waals surface area contributed by atoms with Gasteiger partial charge < -0.3 is 16.0 Å². The SMILES string of the molecule is O=C(Nc1cc(NC(=O)c2ccccc2)cc(C(=O)Nc2cccc(C(=O)Nc3nccs3)c2)c1)c1ccccc1. The van der Waals surface area contributed by atoms with Gasteiger partial charge in [-0.25, -0.2) is 4.98 Å². The fourth-order valence-corrected chi connectivity index (χ4v) is 4.41. The third kappa shape index (κ3) is 7.08. The van der Waals surface area contributed by atoms with E-state index < -0.39 is 5.91 Å². The molecule has 41 heavy (non-hydrogen) atoms. The Bertz CT molecular complexity index is 1640. The van der Waals surface area contributed by atoms with Gasteiger partial charge in [0.1, 0.15) is 0 Å². The molecule has 10 heteroatoms. The molecule has 1 aromatic heterocycles. The van der Waals surface area contributed by atoms with E-state index >= 15 is 0 Å². The highest BCUT2D eigenvalue weighted by molar-refractivity contribution is 7.13. The molecule has 0 atom stereocenters. The second-order valence-electron chi connectivity index (χ2n) is 8.77. The van der Waals surface area contributed by atoms with E-state index in [1.807, 2.05) is 0 Å². The molecular weight excluding hydrogens is 538 g/mol. The average molecular weight is 562 g/mol. The van der Waals surface area contributed by atoms with Gasteiger partial charge in [-0.3, -0.25) is 24.5 Å². The number of hydrogen-bond acceptors (Lipinski definition) is 6. The Hall–Kier alpha value is -5.61. The Labute approximate surface area is 239 Å². The highest BCUT2D eigenvalue weighted by Crippen LogP contribution is 2.23. The molecule has 0 aliphatic heterocycles. The molecule has 0 bridgehead atoms. The van der Waals surface area contributed by atoms with Crippen molar-refractivity contribution in [1.82, 2.24) is 4.98 Å². The number of hydrogen-bond donors (Lipinski definition) is 4. The van der Waals surface area contributed by atoms with Crippen LogP contribution >= 0.6 is 11.3 Å². The van der Waals surface area contributed by atoms with Crippen LogP contribution in [0.4, 0.5) is 22.2 Å². The van der Waals surface area contributed by atoms with Gasteiger partial charge in [0.15, 0.2) is 5.13 Å². The highest BCUT2D eigenvalue weighted by Gasteiger charge is 2.15. The Morgan fingerprint density at radius 1 is 0.488 bits per heavy atom. The monoisotopic (exact) mass is 561 g/mol. The van der Waals surface area contributed by atoms with E-state index in [0.717, 1.165) is 0 Å². The summed E-state index contributed by atoms with van der Waals surface area (Å²) in [6, 6.07) is 28.3. The summed E-state index contributed by atoms with van der Waals surface area (Å²) < 4.78 is 0. The topological polar surface area (TPSA) is 129 Å². The molecule has 1 heterocycles. The van der Waals surface area contributed by atoms with E-state index in [-0.39, 0.29) is 23.3 Å². The third-order valence-electron chi connectivity index (χ3n) is 5.82. The molecule has 5 aromatic rings. The minimum Gasteiger partial charge on any atom is -0.322 e. The average Bonchev–Trinajstić information content (AvgIpc) is 3.51. The number of nitrogens with zero attached hydrogens (tertiary/aromatic N) is 1. The first-order chi connectivity index (χ1) is 19.9. The van der Waals surface area contributed by atoms with Gasteiger partial charge in [-0.05, 0) is 60.7 Å². The van der Waals surface area contributed by atoms with Crippen molar-refractivity contribution in [3.05, 3.63) is 137 Å². The summed E-state index contributed by atoms with van der Waals surface area (Å²) in [6.45, 7) is 0. The standard InChI is InChI=1S/C31H23N5O4S/c37-27(20-8-3-1-4-9-20)34-25-17-23(18-26(19-25)35-28(38)21-10-5-2-6-11-21)30(40)33-24-13-7-12-22(16-24)29(39)36-31-32-14-15-41-31/h1-19H,(H,33,40)(H,34,37)(H,35,38)(H,32,36,39). The third-order valence-corrected chi connectivity index (χ3v) is 6.51. The van der Waals surface area contributed by atoms with E-state index in [0.29, 0.717) is 38.9 Å². The molecule has 4 aromatic carbocycles. The molecule has 0 saturated carbocycles. The van der Waals surface area contributed by atoms with Crippen LogP contribution in [0.25, 0.3) is 0 Å². The van der Waals surface area contributed by atoms with Crippen LogP contribution in [0.1, 0.15) is 41.4 Å². The maximum atomic E-state index is 13.3. The molecule has 9 nitrogen and oxygen atoms in total. The normalized spacial score (nSPS) is 10.3. The minimum atomic E-state index is -0.506. The van der Waals surface area contributed by atoms with Crippen molar-refractivity contribution < 1.29 is 19.2 Å². The van der Waals surface area contributed by atoms with Gasteiger partial charge in [0.2, 0.25) is 0 Å². The van der Waals surface area contributed by atoms with Gasteiger partial charge >= 0.3 is 0 Å². The number of anilines is 4. The zero-order valence-corrected chi connectivity index (χ0v) is 22.3. The zero-order chi connectivity index (χ0) is 28.6. The van der Waals surface area contributed by atoms with Gasteiger partial charge in [0.25, 0.3) is 23.6 Å². The van der Waals surface area contributed by atoms with Crippen LogP contribution in [0.3, 0.4) is 0 Å². The molecular formula is C31H23N5O4S. The molecule has 0 spiro atoms. The van der Waals surface area contributed by atoms with E-state index in [1.54, 1.807) is 103 Å². The second kappa shape index (κ2) is 12.5. The van der Waals surface area contributed by atoms with Crippen molar-refractivity contribution >= 4 is 57.2 Å². The van der Waals surface area contributed by atoms with Crippen molar-refractivity contribution in [1.29, 1.82) is 0 Å². The molecule has 4 N–H and O–H groups in total. The lowest BCUT2D eigenvalue weighted by molar-refractivity contribution is 0.101. The van der Waals surface area contributed by atoms with Crippen LogP contribution in [-0.4, -0.2) is 28.6 Å². The lowest BCUT2D eigenvalue weighted by Crippen LogP contribution is -2.17. The van der Waals surface area contributed by atoms with Crippen molar-refractivity contribution in [3.8, 4) is 0 Å². The summed E-state index contributed by atoms with van der Waals surface area (Å²) >= 11 is 1.29. The number of amides is 4. The van der Waals surface area contributed by atoms with E-state index in [2.05, 4.69) is 26.3 Å². The molecule has 202 valence electrons. The van der Waals surface area contributed by atoms with Crippen LogP contribution < -0.4 is 21.3 Å². The number of carbonyl (C=O) groups excluding carboxylic acids is 4. The van der Waals surface area contributed by atoms with Gasteiger partial charge in [0, 0.05) is 50.9 Å². The summed E-state index contributed by atoms with van der Waals surface area (Å²) in [5.74, 6) is -1.62. The molecule has 0 aliphatic rings. The predicted octanol–water partition coefficient (Wildman–Crippen LogP) is 6.15. The molecule has 4 amide bonds. The lowest BCUT2D eigenvalue weighted by Gasteiger charge is -2.13. The van der Waals surface area contributed by atoms with Gasteiger partial charge in [-0.1, -0.05) is 42.5 Å².